The van der Waals surface area contributed by atoms with Crippen LogP contribution in [0.15, 0.2) is 24.8 Å². The van der Waals surface area contributed by atoms with E-state index in [1.807, 2.05) is 24.0 Å². The van der Waals surface area contributed by atoms with Gasteiger partial charge in [0.1, 0.15) is 0 Å². The highest BCUT2D eigenvalue weighted by Crippen LogP contribution is 2.28. The monoisotopic (exact) mass is 281 g/mol. The number of hydrogen-bond donors (Lipinski definition) is 0. The number of rotatable bonds is 8. The summed E-state index contributed by atoms with van der Waals surface area (Å²) in [5, 5.41) is 0. The zero-order valence-electron chi connectivity index (χ0n) is 12.9. The van der Waals surface area contributed by atoms with Crippen LogP contribution in [-0.2, 0) is 14.3 Å². The lowest BCUT2D eigenvalue weighted by Gasteiger charge is -2.32. The van der Waals surface area contributed by atoms with E-state index in [0.717, 1.165) is 12.8 Å². The third-order valence-electron chi connectivity index (χ3n) is 3.76. The van der Waals surface area contributed by atoms with Crippen molar-refractivity contribution in [2.45, 2.75) is 38.3 Å². The van der Waals surface area contributed by atoms with Crippen molar-refractivity contribution in [2.24, 2.45) is 5.92 Å². The van der Waals surface area contributed by atoms with E-state index in [1.165, 1.54) is 0 Å². The Morgan fingerprint density at radius 3 is 2.25 bits per heavy atom. The molecule has 0 aromatic rings. The van der Waals surface area contributed by atoms with Crippen molar-refractivity contribution < 1.29 is 14.3 Å². The molecule has 1 fully saturated rings. The Hall–Kier alpha value is -1.13. The molecular weight excluding hydrogens is 254 g/mol. The molecule has 0 spiro atoms. The number of methoxy groups -OCH3 is 2. The molecule has 3 atom stereocenters. The van der Waals surface area contributed by atoms with Gasteiger partial charge in [0, 0.05) is 14.2 Å². The highest BCUT2D eigenvalue weighted by molar-refractivity contribution is 5.81. The number of allylic oxidation sites excluding steroid dienone is 2. The minimum Gasteiger partial charge on any atom is -0.383 e. The summed E-state index contributed by atoms with van der Waals surface area (Å²) in [5.41, 5.74) is 0. The number of nitrogens with zero attached hydrogens (tertiary/aromatic N) is 1. The Morgan fingerprint density at radius 2 is 1.85 bits per heavy atom. The maximum Gasteiger partial charge on any atom is 0.230 e. The van der Waals surface area contributed by atoms with Crippen LogP contribution in [0.5, 0.6) is 0 Å². The van der Waals surface area contributed by atoms with Crippen molar-refractivity contribution >= 4 is 5.91 Å². The van der Waals surface area contributed by atoms with Gasteiger partial charge in [-0.05, 0) is 26.2 Å². The minimum atomic E-state index is -0.130. The van der Waals surface area contributed by atoms with Gasteiger partial charge in [-0.2, -0.15) is 0 Å². The highest BCUT2D eigenvalue weighted by atomic mass is 16.5. The Bertz CT molecular complexity index is 327. The highest BCUT2D eigenvalue weighted by Gasteiger charge is 2.38. The first kappa shape index (κ1) is 16.9. The normalized spacial score (nSPS) is 24.2. The summed E-state index contributed by atoms with van der Waals surface area (Å²) in [6, 6.07) is 0.315. The second kappa shape index (κ2) is 8.93. The van der Waals surface area contributed by atoms with E-state index < -0.39 is 0 Å². The molecule has 20 heavy (non-hydrogen) atoms. The zero-order chi connectivity index (χ0) is 15.0. The third kappa shape index (κ3) is 4.18. The van der Waals surface area contributed by atoms with Crippen LogP contribution in [0.2, 0.25) is 0 Å². The van der Waals surface area contributed by atoms with Gasteiger partial charge < -0.3 is 14.4 Å². The lowest BCUT2D eigenvalue weighted by Crippen LogP contribution is -2.47. The second-order valence-corrected chi connectivity index (χ2v) is 5.20. The Labute approximate surface area is 122 Å². The molecular formula is C16H27NO3. The van der Waals surface area contributed by atoms with E-state index in [9.17, 15) is 4.79 Å². The SMILES string of the molecule is C=CC[C@H](/C=C\C)C(=O)N1[C@@H](COC)CC[C@@H]1COC. The van der Waals surface area contributed by atoms with Crippen molar-refractivity contribution in [3.63, 3.8) is 0 Å². The zero-order valence-corrected chi connectivity index (χ0v) is 12.9. The molecule has 1 rings (SSSR count). The summed E-state index contributed by atoms with van der Waals surface area (Å²) in [5.74, 6) is 0.0268. The number of carbonyl (C=O) groups excluding carboxylic acids is 1. The molecule has 1 aliphatic heterocycles. The van der Waals surface area contributed by atoms with Crippen LogP contribution in [0.1, 0.15) is 26.2 Å². The fraction of sp³-hybridized carbons (Fsp3) is 0.688. The van der Waals surface area contributed by atoms with Crippen LogP contribution in [0.4, 0.5) is 0 Å². The Kier molecular flexibility index (Phi) is 7.55. The van der Waals surface area contributed by atoms with E-state index in [-0.39, 0.29) is 23.9 Å². The molecule has 0 N–H and O–H groups in total. The molecule has 4 heteroatoms. The van der Waals surface area contributed by atoms with Gasteiger partial charge >= 0.3 is 0 Å². The summed E-state index contributed by atoms with van der Waals surface area (Å²) >= 11 is 0. The van der Waals surface area contributed by atoms with E-state index in [4.69, 9.17) is 9.47 Å². The first-order chi connectivity index (χ1) is 9.69. The van der Waals surface area contributed by atoms with Crippen LogP contribution in [0.25, 0.3) is 0 Å². The Morgan fingerprint density at radius 1 is 1.30 bits per heavy atom. The molecule has 0 radical (unpaired) electrons. The average Bonchev–Trinajstić information content (AvgIpc) is 2.81. The van der Waals surface area contributed by atoms with E-state index in [2.05, 4.69) is 6.58 Å². The van der Waals surface area contributed by atoms with Gasteiger partial charge in [0.05, 0.1) is 31.2 Å². The lowest BCUT2D eigenvalue weighted by atomic mass is 10.0. The first-order valence-corrected chi connectivity index (χ1v) is 7.23. The molecule has 0 saturated carbocycles. The molecule has 1 aliphatic rings. The second-order valence-electron chi connectivity index (χ2n) is 5.20. The number of amides is 1. The third-order valence-corrected chi connectivity index (χ3v) is 3.76. The average molecular weight is 281 g/mol. The molecule has 1 heterocycles. The quantitative estimate of drug-likeness (QED) is 0.641. The van der Waals surface area contributed by atoms with Gasteiger partial charge in [-0.1, -0.05) is 18.2 Å². The lowest BCUT2D eigenvalue weighted by molar-refractivity contribution is -0.139. The molecule has 1 saturated heterocycles. The molecule has 0 unspecified atom stereocenters. The van der Waals surface area contributed by atoms with Crippen molar-refractivity contribution in [1.29, 1.82) is 0 Å². The fourth-order valence-corrected chi connectivity index (χ4v) is 2.90. The predicted octanol–water partition coefficient (Wildman–Crippen LogP) is 2.41. The van der Waals surface area contributed by atoms with Crippen molar-refractivity contribution in [3.05, 3.63) is 24.8 Å². The van der Waals surface area contributed by atoms with Gasteiger partial charge in [-0.25, -0.2) is 0 Å². The van der Waals surface area contributed by atoms with Crippen LogP contribution in [-0.4, -0.2) is 50.3 Å². The minimum absolute atomic E-state index is 0.130. The number of ether oxygens (including phenoxy) is 2. The summed E-state index contributed by atoms with van der Waals surface area (Å²) < 4.78 is 10.5. The van der Waals surface area contributed by atoms with Gasteiger partial charge in [-0.3, -0.25) is 4.79 Å². The molecule has 0 bridgehead atoms. The van der Waals surface area contributed by atoms with Gasteiger partial charge in [-0.15, -0.1) is 6.58 Å². The summed E-state index contributed by atoms with van der Waals surface area (Å²) in [7, 11) is 3.36. The summed E-state index contributed by atoms with van der Waals surface area (Å²) in [6.07, 6.45) is 8.30. The van der Waals surface area contributed by atoms with Crippen molar-refractivity contribution in [2.75, 3.05) is 27.4 Å². The molecule has 4 nitrogen and oxygen atoms in total. The molecule has 0 aromatic heterocycles. The van der Waals surface area contributed by atoms with Crippen LogP contribution >= 0.6 is 0 Å². The Balaban J connectivity index is 2.88. The number of likely N-dealkylation sites (tertiary alicyclic amines) is 1. The van der Waals surface area contributed by atoms with Gasteiger partial charge in [0.25, 0.3) is 0 Å². The topological polar surface area (TPSA) is 38.8 Å². The largest absolute Gasteiger partial charge is 0.383 e. The van der Waals surface area contributed by atoms with Crippen LogP contribution < -0.4 is 0 Å². The molecule has 0 aromatic carbocycles. The van der Waals surface area contributed by atoms with Crippen molar-refractivity contribution in [3.8, 4) is 0 Å². The molecule has 0 aliphatic carbocycles. The number of hydrogen-bond acceptors (Lipinski definition) is 3. The van der Waals surface area contributed by atoms with E-state index in [1.54, 1.807) is 20.3 Å². The maximum absolute atomic E-state index is 12.8. The maximum atomic E-state index is 12.8. The molecule has 114 valence electrons. The first-order valence-electron chi connectivity index (χ1n) is 7.23. The summed E-state index contributed by atoms with van der Waals surface area (Å²) in [4.78, 5) is 14.8. The fourth-order valence-electron chi connectivity index (χ4n) is 2.90. The van der Waals surface area contributed by atoms with E-state index in [0.29, 0.717) is 19.6 Å². The van der Waals surface area contributed by atoms with E-state index >= 15 is 0 Å². The van der Waals surface area contributed by atoms with Crippen LogP contribution in [0, 0.1) is 5.92 Å². The van der Waals surface area contributed by atoms with Gasteiger partial charge in [0.15, 0.2) is 0 Å². The smallest absolute Gasteiger partial charge is 0.230 e. The summed E-state index contributed by atoms with van der Waals surface area (Å²) in [6.45, 7) is 6.86. The van der Waals surface area contributed by atoms with Gasteiger partial charge in [0.2, 0.25) is 5.91 Å². The standard InChI is InChI=1S/C16H27NO3/c1-5-7-13(8-6-2)16(18)17-14(11-19-3)9-10-15(17)12-20-4/h5-6,8,13-15H,1,7,9-12H2,2-4H3/b8-6-/t13-,14-,15-/m1/s1. The van der Waals surface area contributed by atoms with Crippen molar-refractivity contribution in [1.82, 2.24) is 4.90 Å². The predicted molar refractivity (Wildman–Crippen MR) is 80.5 cm³/mol. The van der Waals surface area contributed by atoms with Crippen LogP contribution in [0.3, 0.4) is 0 Å². The molecule has 1 amide bonds. The number of carbonyl (C=O) groups is 1.